The van der Waals surface area contributed by atoms with Crippen molar-refractivity contribution in [3.63, 3.8) is 0 Å². The highest BCUT2D eigenvalue weighted by Gasteiger charge is 2.10. The minimum atomic E-state index is -0.839. The SMILES string of the molecule is Cc1ccc(N)c(-c2ccccc2CC(=O)O)c1. The van der Waals surface area contributed by atoms with Gasteiger partial charge in [0.25, 0.3) is 0 Å². The van der Waals surface area contributed by atoms with Gasteiger partial charge < -0.3 is 10.8 Å². The van der Waals surface area contributed by atoms with Gasteiger partial charge in [0.05, 0.1) is 6.42 Å². The van der Waals surface area contributed by atoms with Crippen LogP contribution in [-0.2, 0) is 11.2 Å². The molecule has 0 amide bonds. The van der Waals surface area contributed by atoms with Crippen LogP contribution in [0.4, 0.5) is 5.69 Å². The van der Waals surface area contributed by atoms with Crippen LogP contribution in [0.5, 0.6) is 0 Å². The summed E-state index contributed by atoms with van der Waals surface area (Å²) in [6, 6.07) is 13.2. The highest BCUT2D eigenvalue weighted by Crippen LogP contribution is 2.30. The lowest BCUT2D eigenvalue weighted by Gasteiger charge is -2.11. The average molecular weight is 241 g/mol. The fourth-order valence-corrected chi connectivity index (χ4v) is 2.00. The molecule has 0 unspecified atom stereocenters. The molecule has 0 saturated carbocycles. The molecule has 3 N–H and O–H groups in total. The van der Waals surface area contributed by atoms with Crippen LogP contribution in [0.2, 0.25) is 0 Å². The molecule has 0 aliphatic rings. The fourth-order valence-electron chi connectivity index (χ4n) is 2.00. The minimum absolute atomic E-state index is 0.00353. The molecule has 0 aromatic heterocycles. The van der Waals surface area contributed by atoms with Crippen LogP contribution in [-0.4, -0.2) is 11.1 Å². The van der Waals surface area contributed by atoms with Crippen molar-refractivity contribution in [2.75, 3.05) is 5.73 Å². The zero-order valence-electron chi connectivity index (χ0n) is 10.2. The van der Waals surface area contributed by atoms with E-state index in [1.165, 1.54) is 0 Å². The van der Waals surface area contributed by atoms with Crippen LogP contribution in [0.1, 0.15) is 11.1 Å². The molecule has 0 atom stereocenters. The smallest absolute Gasteiger partial charge is 0.307 e. The highest BCUT2D eigenvalue weighted by molar-refractivity contribution is 5.82. The molecule has 2 aromatic rings. The zero-order valence-corrected chi connectivity index (χ0v) is 10.2. The number of carboxylic acids is 1. The molecule has 0 heterocycles. The number of aryl methyl sites for hydroxylation is 1. The summed E-state index contributed by atoms with van der Waals surface area (Å²) in [4.78, 5) is 10.9. The molecule has 0 aliphatic carbocycles. The molecule has 0 bridgehead atoms. The van der Waals surface area contributed by atoms with Gasteiger partial charge in [-0.3, -0.25) is 4.79 Å². The Bertz CT molecular complexity index is 591. The number of anilines is 1. The molecule has 2 aromatic carbocycles. The predicted molar refractivity (Wildman–Crippen MR) is 72.4 cm³/mol. The number of hydrogen-bond donors (Lipinski definition) is 2. The summed E-state index contributed by atoms with van der Waals surface area (Å²) in [5.41, 5.74) is 10.3. The number of hydrogen-bond acceptors (Lipinski definition) is 2. The van der Waals surface area contributed by atoms with Crippen LogP contribution in [0.3, 0.4) is 0 Å². The lowest BCUT2D eigenvalue weighted by molar-refractivity contribution is -0.136. The molecule has 3 heteroatoms. The largest absolute Gasteiger partial charge is 0.481 e. The van der Waals surface area contributed by atoms with Crippen molar-refractivity contribution in [3.05, 3.63) is 53.6 Å². The van der Waals surface area contributed by atoms with Gasteiger partial charge in [0.2, 0.25) is 0 Å². The van der Waals surface area contributed by atoms with E-state index >= 15 is 0 Å². The molecule has 0 radical (unpaired) electrons. The first-order chi connectivity index (χ1) is 8.58. The topological polar surface area (TPSA) is 63.3 Å². The molecule has 0 spiro atoms. The summed E-state index contributed by atoms with van der Waals surface area (Å²) in [5, 5.41) is 8.93. The summed E-state index contributed by atoms with van der Waals surface area (Å²) >= 11 is 0. The van der Waals surface area contributed by atoms with Crippen LogP contribution in [0.15, 0.2) is 42.5 Å². The number of rotatable bonds is 3. The van der Waals surface area contributed by atoms with Crippen molar-refractivity contribution in [1.82, 2.24) is 0 Å². The summed E-state index contributed by atoms with van der Waals surface area (Å²) in [5.74, 6) is -0.839. The maximum atomic E-state index is 10.9. The Kier molecular flexibility index (Phi) is 3.33. The lowest BCUT2D eigenvalue weighted by Crippen LogP contribution is -2.02. The third-order valence-corrected chi connectivity index (χ3v) is 2.86. The van der Waals surface area contributed by atoms with Crippen LogP contribution >= 0.6 is 0 Å². The van der Waals surface area contributed by atoms with Crippen molar-refractivity contribution in [1.29, 1.82) is 0 Å². The Balaban J connectivity index is 2.56. The van der Waals surface area contributed by atoms with Crippen LogP contribution in [0.25, 0.3) is 11.1 Å². The zero-order chi connectivity index (χ0) is 13.1. The van der Waals surface area contributed by atoms with E-state index in [1.807, 2.05) is 49.4 Å². The molecule has 2 rings (SSSR count). The van der Waals surface area contributed by atoms with Gasteiger partial charge in [0.15, 0.2) is 0 Å². The summed E-state index contributed by atoms with van der Waals surface area (Å²) in [6.07, 6.45) is 0.00353. The monoisotopic (exact) mass is 241 g/mol. The van der Waals surface area contributed by atoms with Crippen molar-refractivity contribution in [2.24, 2.45) is 0 Å². The number of benzene rings is 2. The standard InChI is InChI=1S/C15H15NO2/c1-10-6-7-14(16)13(8-10)12-5-3-2-4-11(12)9-15(17)18/h2-8H,9,16H2,1H3,(H,17,18). The number of aliphatic carboxylic acids is 1. The van der Waals surface area contributed by atoms with E-state index in [9.17, 15) is 4.79 Å². The summed E-state index contributed by atoms with van der Waals surface area (Å²) in [7, 11) is 0. The highest BCUT2D eigenvalue weighted by atomic mass is 16.4. The van der Waals surface area contributed by atoms with E-state index in [1.54, 1.807) is 0 Å². The average Bonchev–Trinajstić information content (AvgIpc) is 2.32. The van der Waals surface area contributed by atoms with Gasteiger partial charge in [0, 0.05) is 11.3 Å². The van der Waals surface area contributed by atoms with E-state index in [2.05, 4.69) is 0 Å². The first-order valence-electron chi connectivity index (χ1n) is 5.74. The van der Waals surface area contributed by atoms with Crippen LogP contribution < -0.4 is 5.73 Å². The van der Waals surface area contributed by atoms with Gasteiger partial charge in [-0.25, -0.2) is 0 Å². The molecule has 0 fully saturated rings. The fraction of sp³-hybridized carbons (Fsp3) is 0.133. The summed E-state index contributed by atoms with van der Waals surface area (Å²) in [6.45, 7) is 1.99. The van der Waals surface area contributed by atoms with Gasteiger partial charge in [0.1, 0.15) is 0 Å². The molecule has 0 aliphatic heterocycles. The number of carbonyl (C=O) groups is 1. The number of nitrogen functional groups attached to an aromatic ring is 1. The van der Waals surface area contributed by atoms with Gasteiger partial charge in [-0.05, 0) is 30.2 Å². The third kappa shape index (κ3) is 2.51. The third-order valence-electron chi connectivity index (χ3n) is 2.86. The second-order valence-corrected chi connectivity index (χ2v) is 4.32. The first kappa shape index (κ1) is 12.2. The van der Waals surface area contributed by atoms with E-state index < -0.39 is 5.97 Å². The van der Waals surface area contributed by atoms with Crippen LogP contribution in [0, 0.1) is 6.92 Å². The van der Waals surface area contributed by atoms with Gasteiger partial charge in [-0.2, -0.15) is 0 Å². The van der Waals surface area contributed by atoms with E-state index in [0.29, 0.717) is 5.69 Å². The molecule has 3 nitrogen and oxygen atoms in total. The van der Waals surface area contributed by atoms with E-state index in [4.69, 9.17) is 10.8 Å². The normalized spacial score (nSPS) is 10.3. The summed E-state index contributed by atoms with van der Waals surface area (Å²) < 4.78 is 0. The van der Waals surface area contributed by atoms with Crippen molar-refractivity contribution in [3.8, 4) is 11.1 Å². The van der Waals surface area contributed by atoms with Gasteiger partial charge in [-0.1, -0.05) is 35.9 Å². The Morgan fingerprint density at radius 1 is 1.17 bits per heavy atom. The second-order valence-electron chi connectivity index (χ2n) is 4.32. The van der Waals surface area contributed by atoms with Gasteiger partial charge >= 0.3 is 5.97 Å². The Hall–Kier alpha value is -2.29. The lowest BCUT2D eigenvalue weighted by atomic mass is 9.95. The van der Waals surface area contributed by atoms with E-state index in [0.717, 1.165) is 22.3 Å². The van der Waals surface area contributed by atoms with Crippen molar-refractivity contribution >= 4 is 11.7 Å². The molecular weight excluding hydrogens is 226 g/mol. The minimum Gasteiger partial charge on any atom is -0.481 e. The molecule has 92 valence electrons. The maximum Gasteiger partial charge on any atom is 0.307 e. The Morgan fingerprint density at radius 2 is 1.89 bits per heavy atom. The Labute approximate surface area is 106 Å². The predicted octanol–water partition coefficient (Wildman–Crippen LogP) is 2.87. The number of nitrogens with two attached hydrogens (primary N) is 1. The quantitative estimate of drug-likeness (QED) is 0.812. The maximum absolute atomic E-state index is 10.9. The van der Waals surface area contributed by atoms with Crippen molar-refractivity contribution in [2.45, 2.75) is 13.3 Å². The Morgan fingerprint density at radius 3 is 2.61 bits per heavy atom. The second kappa shape index (κ2) is 4.92. The number of carboxylic acid groups (broad SMARTS) is 1. The molecule has 0 saturated heterocycles. The van der Waals surface area contributed by atoms with Crippen molar-refractivity contribution < 1.29 is 9.90 Å². The molecule has 18 heavy (non-hydrogen) atoms. The van der Waals surface area contributed by atoms with E-state index in [-0.39, 0.29) is 6.42 Å². The molecular formula is C15H15NO2. The first-order valence-corrected chi connectivity index (χ1v) is 5.74. The van der Waals surface area contributed by atoms with Gasteiger partial charge in [-0.15, -0.1) is 0 Å².